The lowest BCUT2D eigenvalue weighted by molar-refractivity contribution is 0.0630. The van der Waals surface area contributed by atoms with Crippen molar-refractivity contribution in [3.05, 3.63) is 60.7 Å². The van der Waals surface area contributed by atoms with Crippen LogP contribution in [0.15, 0.2) is 60.7 Å². The predicted octanol–water partition coefficient (Wildman–Crippen LogP) is 5.15. The molecule has 0 saturated heterocycles. The third kappa shape index (κ3) is 5.77. The van der Waals surface area contributed by atoms with Crippen molar-refractivity contribution in [1.82, 2.24) is 0 Å². The van der Waals surface area contributed by atoms with Crippen molar-refractivity contribution in [3.63, 3.8) is 0 Å². The van der Waals surface area contributed by atoms with Crippen LogP contribution >= 0.6 is 0 Å². The van der Waals surface area contributed by atoms with E-state index in [1.165, 1.54) is 23.2 Å². The molecule has 0 atom stereocenters. The third-order valence-electron chi connectivity index (χ3n) is 4.98. The van der Waals surface area contributed by atoms with Gasteiger partial charge in [0, 0.05) is 6.61 Å². The Balaban J connectivity index is 2.51. The van der Waals surface area contributed by atoms with Gasteiger partial charge in [-0.3, -0.25) is 0 Å². The zero-order chi connectivity index (χ0) is 19.7. The molecule has 0 spiro atoms. The van der Waals surface area contributed by atoms with Crippen LogP contribution in [0, 0.1) is 11.8 Å². The zero-order valence-electron chi connectivity index (χ0n) is 17.7. The first kappa shape index (κ1) is 21.9. The highest BCUT2D eigenvalue weighted by Crippen LogP contribution is 2.23. The van der Waals surface area contributed by atoms with E-state index in [2.05, 4.69) is 95.3 Å². The van der Waals surface area contributed by atoms with E-state index in [9.17, 15) is 0 Å². The molecule has 2 aromatic rings. The molecular weight excluding hydrogens is 348 g/mol. The van der Waals surface area contributed by atoms with Crippen molar-refractivity contribution in [2.24, 2.45) is 11.8 Å². The minimum Gasteiger partial charge on any atom is -0.388 e. The number of hydrogen-bond donors (Lipinski definition) is 0. The maximum absolute atomic E-state index is 7.03. The van der Waals surface area contributed by atoms with Crippen LogP contribution in [-0.4, -0.2) is 21.3 Å². The van der Waals surface area contributed by atoms with Gasteiger partial charge in [-0.05, 0) is 28.6 Å². The Labute approximate surface area is 167 Å². The van der Waals surface area contributed by atoms with Crippen LogP contribution in [0.25, 0.3) is 0 Å². The quantitative estimate of drug-likeness (QED) is 0.394. The predicted molar refractivity (Wildman–Crippen MR) is 118 cm³/mol. The molecule has 0 bridgehead atoms. The second-order valence-corrected chi connectivity index (χ2v) is 10.9. The molecule has 0 saturated carbocycles. The van der Waals surface area contributed by atoms with Crippen molar-refractivity contribution in [2.45, 2.75) is 60.0 Å². The summed E-state index contributed by atoms with van der Waals surface area (Å²) in [5, 5.41) is 2.39. The summed E-state index contributed by atoms with van der Waals surface area (Å²) in [5.74, 6) is 0.868. The monoisotopic (exact) mass is 384 g/mol. The molecule has 0 amide bonds. The molecule has 0 N–H and O–H groups in total. The van der Waals surface area contributed by atoms with Gasteiger partial charge in [-0.2, -0.15) is 0 Å². The maximum atomic E-state index is 7.03. The fourth-order valence-corrected chi connectivity index (χ4v) is 7.25. The Morgan fingerprint density at radius 1 is 0.741 bits per heavy atom. The molecule has 2 aromatic carbocycles. The van der Waals surface area contributed by atoms with Gasteiger partial charge in [0.05, 0.1) is 6.10 Å². The largest absolute Gasteiger partial charge is 0.407 e. The lowest BCUT2D eigenvalue weighted by atomic mass is 9.97. The van der Waals surface area contributed by atoms with Crippen molar-refractivity contribution >= 4 is 18.9 Å². The molecule has 0 aliphatic rings. The molecule has 148 valence electrons. The lowest BCUT2D eigenvalue weighted by Gasteiger charge is -2.38. The molecule has 0 fully saturated rings. The first-order chi connectivity index (χ1) is 13.0. The molecule has 0 unspecified atom stereocenters. The number of rotatable bonds is 11. The van der Waals surface area contributed by atoms with E-state index in [1.54, 1.807) is 0 Å². The van der Waals surface area contributed by atoms with E-state index in [-0.39, 0.29) is 6.10 Å². The molecule has 0 heterocycles. The summed E-state index contributed by atoms with van der Waals surface area (Å²) in [4.78, 5) is 0. The first-order valence-corrected chi connectivity index (χ1v) is 12.3. The van der Waals surface area contributed by atoms with Crippen molar-refractivity contribution < 1.29 is 8.85 Å². The van der Waals surface area contributed by atoms with Gasteiger partial charge in [0.1, 0.15) is 0 Å². The van der Waals surface area contributed by atoms with Gasteiger partial charge in [-0.1, -0.05) is 108 Å². The van der Waals surface area contributed by atoms with Gasteiger partial charge in [0.25, 0.3) is 0 Å². The summed E-state index contributed by atoms with van der Waals surface area (Å²) in [6, 6.07) is 21.2. The van der Waals surface area contributed by atoms with Crippen LogP contribution in [0.4, 0.5) is 0 Å². The minimum atomic E-state index is -2.79. The topological polar surface area (TPSA) is 18.5 Å². The summed E-state index contributed by atoms with van der Waals surface area (Å²) in [5.41, 5.74) is 0. The normalized spacial score (nSPS) is 12.3. The number of unbranched alkanes of at least 4 members (excludes halogenated alkanes) is 2. The molecule has 0 aliphatic carbocycles. The minimum absolute atomic E-state index is 0.156. The van der Waals surface area contributed by atoms with E-state index in [1.807, 2.05) is 0 Å². The zero-order valence-corrected chi connectivity index (χ0v) is 18.7. The Kier molecular flexibility index (Phi) is 8.74. The SMILES string of the molecule is CCCCCO[Si](OC(C(C)C)C(C)C)(c1ccccc1)c1ccccc1. The maximum Gasteiger partial charge on any atom is 0.407 e. The van der Waals surface area contributed by atoms with E-state index >= 15 is 0 Å². The van der Waals surface area contributed by atoms with Gasteiger partial charge < -0.3 is 8.85 Å². The Hall–Kier alpha value is -1.42. The molecule has 2 rings (SSSR count). The van der Waals surface area contributed by atoms with E-state index in [4.69, 9.17) is 8.85 Å². The summed E-state index contributed by atoms with van der Waals surface area (Å²) < 4.78 is 13.8. The highest BCUT2D eigenvalue weighted by molar-refractivity contribution is 6.92. The van der Waals surface area contributed by atoms with E-state index < -0.39 is 8.56 Å². The fourth-order valence-electron chi connectivity index (χ4n) is 3.62. The van der Waals surface area contributed by atoms with Gasteiger partial charge >= 0.3 is 8.56 Å². The van der Waals surface area contributed by atoms with Gasteiger partial charge in [-0.25, -0.2) is 0 Å². The molecule has 3 heteroatoms. The second kappa shape index (κ2) is 10.8. The molecule has 0 radical (unpaired) electrons. The summed E-state index contributed by atoms with van der Waals surface area (Å²) in [7, 11) is -2.79. The van der Waals surface area contributed by atoms with Crippen LogP contribution in [-0.2, 0) is 8.85 Å². The average Bonchev–Trinajstić information content (AvgIpc) is 2.68. The van der Waals surface area contributed by atoms with Crippen molar-refractivity contribution in [3.8, 4) is 0 Å². The fraction of sp³-hybridized carbons (Fsp3) is 0.500. The van der Waals surface area contributed by atoms with Crippen LogP contribution < -0.4 is 10.4 Å². The molecule has 0 aromatic heterocycles. The summed E-state index contributed by atoms with van der Waals surface area (Å²) >= 11 is 0. The number of benzene rings is 2. The van der Waals surface area contributed by atoms with Crippen molar-refractivity contribution in [2.75, 3.05) is 6.61 Å². The highest BCUT2D eigenvalue weighted by Gasteiger charge is 2.45. The Bertz CT molecular complexity index is 592. The van der Waals surface area contributed by atoms with Gasteiger partial charge in [0.2, 0.25) is 0 Å². The van der Waals surface area contributed by atoms with Crippen LogP contribution in [0.1, 0.15) is 53.9 Å². The number of hydrogen-bond acceptors (Lipinski definition) is 2. The molecule has 0 aliphatic heterocycles. The molecular formula is C24H36O2Si. The Morgan fingerprint density at radius 3 is 1.63 bits per heavy atom. The van der Waals surface area contributed by atoms with Crippen LogP contribution in [0.3, 0.4) is 0 Å². The van der Waals surface area contributed by atoms with Gasteiger partial charge in [-0.15, -0.1) is 0 Å². The lowest BCUT2D eigenvalue weighted by Crippen LogP contribution is -2.65. The highest BCUT2D eigenvalue weighted by atomic mass is 28.4. The standard InChI is InChI=1S/C24H36O2Si/c1-6-7-14-19-25-27(22-15-10-8-11-16-22,23-17-12-9-13-18-23)26-24(20(2)3)21(4)5/h8-13,15-18,20-21,24H,6-7,14,19H2,1-5H3. The van der Waals surface area contributed by atoms with Crippen molar-refractivity contribution in [1.29, 1.82) is 0 Å². The van der Waals surface area contributed by atoms with Crippen LogP contribution in [0.5, 0.6) is 0 Å². The first-order valence-electron chi connectivity index (χ1n) is 10.4. The second-order valence-electron chi connectivity index (χ2n) is 7.97. The molecule has 2 nitrogen and oxygen atoms in total. The van der Waals surface area contributed by atoms with Gasteiger partial charge in [0.15, 0.2) is 0 Å². The average molecular weight is 385 g/mol. The van der Waals surface area contributed by atoms with E-state index in [0.29, 0.717) is 11.8 Å². The Morgan fingerprint density at radius 2 is 1.22 bits per heavy atom. The van der Waals surface area contributed by atoms with E-state index in [0.717, 1.165) is 13.0 Å². The smallest absolute Gasteiger partial charge is 0.388 e. The van der Waals surface area contributed by atoms with Crippen LogP contribution in [0.2, 0.25) is 0 Å². The summed E-state index contributed by atoms with van der Waals surface area (Å²) in [6.45, 7) is 12.0. The summed E-state index contributed by atoms with van der Waals surface area (Å²) in [6.07, 6.45) is 3.60. The third-order valence-corrected chi connectivity index (χ3v) is 8.38. The molecule has 27 heavy (non-hydrogen) atoms.